The molecule has 0 unspecified atom stereocenters. The van der Waals surface area contributed by atoms with Crippen LogP contribution in [0.25, 0.3) is 0 Å². The van der Waals surface area contributed by atoms with Crippen molar-refractivity contribution >= 4 is 35.2 Å². The molecule has 0 aliphatic carbocycles. The summed E-state index contributed by atoms with van der Waals surface area (Å²) in [6, 6.07) is 0. The van der Waals surface area contributed by atoms with Crippen molar-refractivity contribution in [3.63, 3.8) is 0 Å². The number of hydrogen-bond donors (Lipinski definition) is 2. The second-order valence-corrected chi connectivity index (χ2v) is 11.9. The lowest BCUT2D eigenvalue weighted by atomic mass is 10.0. The first-order valence-electron chi connectivity index (χ1n) is 15.8. The maximum atomic E-state index is 9.98. The fourth-order valence-electron chi connectivity index (χ4n) is 4.98. The molecular formula is C31H60N2OS2. The normalized spacial score (nSPS) is 10.9. The number of carbonyl (C=O) groups excluding carboxylic acids is 1. The number of aliphatic imine (C=N–C) groups is 1. The Morgan fingerprint density at radius 1 is 0.500 bits per heavy atom. The smallest absolute Gasteiger partial charge is 0.234 e. The molecule has 1 N–H and O–H groups in total. The average molecular weight is 541 g/mol. The van der Waals surface area contributed by atoms with E-state index in [1.54, 1.807) is 6.08 Å². The van der Waals surface area contributed by atoms with E-state index in [9.17, 15) is 4.79 Å². The van der Waals surface area contributed by atoms with Gasteiger partial charge in [-0.05, 0) is 12.8 Å². The van der Waals surface area contributed by atoms with E-state index in [4.69, 9.17) is 12.2 Å². The van der Waals surface area contributed by atoms with Crippen LogP contribution < -0.4 is 5.32 Å². The molecule has 0 radical (unpaired) electrons. The fraction of sp³-hybridized carbons (Fsp3) is 0.935. The minimum atomic E-state index is 0.623. The first-order chi connectivity index (χ1) is 17.8. The zero-order chi connectivity index (χ0) is 26.2. The van der Waals surface area contributed by atoms with Gasteiger partial charge in [0.05, 0.1) is 6.54 Å². The number of nitrogens with one attached hydrogen (secondary N) is 1. The van der Waals surface area contributed by atoms with E-state index in [0.717, 1.165) is 13.0 Å². The van der Waals surface area contributed by atoms with Crippen LogP contribution in [0.3, 0.4) is 0 Å². The summed E-state index contributed by atoms with van der Waals surface area (Å²) < 4.78 is 0.623. The van der Waals surface area contributed by atoms with Gasteiger partial charge in [0.15, 0.2) is 0 Å². The van der Waals surface area contributed by atoms with Crippen molar-refractivity contribution in [2.45, 2.75) is 173 Å². The van der Waals surface area contributed by atoms with Crippen molar-refractivity contribution in [2.24, 2.45) is 4.99 Å². The number of hydrogen-bond acceptors (Lipinski definition) is 3. The molecule has 0 rings (SSSR count). The molecule has 3 nitrogen and oxygen atoms in total. The van der Waals surface area contributed by atoms with E-state index >= 15 is 0 Å². The van der Waals surface area contributed by atoms with Crippen molar-refractivity contribution in [2.75, 3.05) is 13.1 Å². The third-order valence-electron chi connectivity index (χ3n) is 7.29. The van der Waals surface area contributed by atoms with E-state index in [0.29, 0.717) is 10.9 Å². The van der Waals surface area contributed by atoms with Gasteiger partial charge in [0.2, 0.25) is 6.08 Å². The van der Waals surface area contributed by atoms with E-state index < -0.39 is 0 Å². The topological polar surface area (TPSA) is 41.5 Å². The minimum absolute atomic E-state index is 0.623. The van der Waals surface area contributed by atoms with Gasteiger partial charge in [-0.2, -0.15) is 0 Å². The summed E-state index contributed by atoms with van der Waals surface area (Å²) in [5.41, 5.74) is 0. The average Bonchev–Trinajstić information content (AvgIpc) is 2.87. The van der Waals surface area contributed by atoms with Crippen molar-refractivity contribution in [3.8, 4) is 0 Å². The summed E-state index contributed by atoms with van der Waals surface area (Å²) >= 11 is 8.97. The first-order valence-corrected chi connectivity index (χ1v) is 16.6. The Balaban J connectivity index is 3.03. The van der Waals surface area contributed by atoms with Crippen LogP contribution in [0, 0.1) is 0 Å². The molecule has 0 aliphatic heterocycles. The van der Waals surface area contributed by atoms with Gasteiger partial charge in [-0.25, -0.2) is 9.79 Å². The quantitative estimate of drug-likeness (QED) is 0.0313. The SMILES string of the molecule is O=C=NCCCCCCCCCCCCCCCCCCCCCCCCCCCCCNC(=S)S. The molecule has 0 aromatic carbocycles. The maximum Gasteiger partial charge on any atom is 0.234 e. The highest BCUT2D eigenvalue weighted by Crippen LogP contribution is 2.16. The highest BCUT2D eigenvalue weighted by atomic mass is 32.1. The van der Waals surface area contributed by atoms with Crippen LogP contribution in [0.1, 0.15) is 173 Å². The molecular weight excluding hydrogens is 480 g/mol. The van der Waals surface area contributed by atoms with Gasteiger partial charge >= 0.3 is 0 Å². The second kappa shape index (κ2) is 32.6. The highest BCUT2D eigenvalue weighted by molar-refractivity contribution is 8.11. The molecule has 0 atom stereocenters. The van der Waals surface area contributed by atoms with Gasteiger partial charge in [-0.1, -0.05) is 173 Å². The molecule has 0 spiro atoms. The molecule has 36 heavy (non-hydrogen) atoms. The Hall–Kier alpha value is -0.380. The number of thiol groups is 1. The number of nitrogens with zero attached hydrogens (tertiary/aromatic N) is 1. The largest absolute Gasteiger partial charge is 0.371 e. The van der Waals surface area contributed by atoms with Gasteiger partial charge in [0.1, 0.15) is 4.32 Å². The van der Waals surface area contributed by atoms with Crippen molar-refractivity contribution < 1.29 is 4.79 Å². The molecule has 0 amide bonds. The van der Waals surface area contributed by atoms with Crippen LogP contribution in [0.15, 0.2) is 4.99 Å². The molecule has 0 saturated heterocycles. The second-order valence-electron chi connectivity index (χ2n) is 10.8. The molecule has 5 heteroatoms. The Morgan fingerprint density at radius 3 is 1.00 bits per heavy atom. The van der Waals surface area contributed by atoms with Crippen LogP contribution in [0.5, 0.6) is 0 Å². The third kappa shape index (κ3) is 33.6. The zero-order valence-corrected chi connectivity index (χ0v) is 25.4. The van der Waals surface area contributed by atoms with Gasteiger partial charge in [0.25, 0.3) is 0 Å². The summed E-state index contributed by atoms with van der Waals surface area (Å²) in [7, 11) is 0. The van der Waals surface area contributed by atoms with E-state index in [1.807, 2.05) is 0 Å². The Bertz CT molecular complexity index is 465. The predicted molar refractivity (Wildman–Crippen MR) is 167 cm³/mol. The van der Waals surface area contributed by atoms with Crippen LogP contribution in [-0.4, -0.2) is 23.5 Å². The number of unbranched alkanes of at least 4 members (excludes halogenated alkanes) is 26. The Labute approximate surface area is 236 Å². The molecule has 0 fully saturated rings. The summed E-state index contributed by atoms with van der Waals surface area (Å²) in [4.78, 5) is 13.6. The number of thiocarbonyl (C=S) groups is 1. The Morgan fingerprint density at radius 2 is 0.750 bits per heavy atom. The molecule has 0 heterocycles. The molecule has 0 saturated carbocycles. The van der Waals surface area contributed by atoms with Crippen molar-refractivity contribution in [1.82, 2.24) is 5.32 Å². The fourth-order valence-corrected chi connectivity index (χ4v) is 5.19. The zero-order valence-electron chi connectivity index (χ0n) is 23.7. The highest BCUT2D eigenvalue weighted by Gasteiger charge is 1.97. The third-order valence-corrected chi connectivity index (χ3v) is 7.59. The van der Waals surface area contributed by atoms with E-state index in [2.05, 4.69) is 22.9 Å². The summed E-state index contributed by atoms with van der Waals surface area (Å²) in [5, 5.41) is 3.11. The number of rotatable bonds is 30. The molecule has 0 aromatic rings. The van der Waals surface area contributed by atoms with Crippen LogP contribution in [0.4, 0.5) is 0 Å². The minimum Gasteiger partial charge on any atom is -0.371 e. The maximum absolute atomic E-state index is 9.98. The molecule has 0 aliphatic rings. The lowest BCUT2D eigenvalue weighted by molar-refractivity contribution is 0.514. The molecule has 212 valence electrons. The lowest BCUT2D eigenvalue weighted by Gasteiger charge is -2.05. The molecule has 0 bridgehead atoms. The van der Waals surface area contributed by atoms with Gasteiger partial charge < -0.3 is 5.32 Å². The molecule has 0 aromatic heterocycles. The van der Waals surface area contributed by atoms with Crippen molar-refractivity contribution in [3.05, 3.63) is 0 Å². The van der Waals surface area contributed by atoms with Gasteiger partial charge in [0, 0.05) is 6.54 Å². The van der Waals surface area contributed by atoms with Crippen LogP contribution in [0.2, 0.25) is 0 Å². The van der Waals surface area contributed by atoms with Crippen LogP contribution >= 0.6 is 24.8 Å². The number of isocyanates is 1. The van der Waals surface area contributed by atoms with Crippen molar-refractivity contribution in [1.29, 1.82) is 0 Å². The Kier molecular flexibility index (Phi) is 32.3. The first kappa shape index (κ1) is 35.6. The summed E-state index contributed by atoms with van der Waals surface area (Å²) in [6.45, 7) is 1.65. The van der Waals surface area contributed by atoms with Gasteiger partial charge in [-0.15, -0.1) is 12.6 Å². The van der Waals surface area contributed by atoms with Crippen LogP contribution in [-0.2, 0) is 4.79 Å². The van der Waals surface area contributed by atoms with E-state index in [-0.39, 0.29) is 0 Å². The summed E-state index contributed by atoms with van der Waals surface area (Å²) in [6.07, 6.45) is 39.1. The predicted octanol–water partition coefficient (Wildman–Crippen LogP) is 10.7. The summed E-state index contributed by atoms with van der Waals surface area (Å²) in [5.74, 6) is 0. The standard InChI is InChI=1S/C31H60N2OS2/c34-30-32-28-26-24-22-20-18-16-14-12-10-8-6-4-2-1-3-5-7-9-11-13-15-17-19-21-23-25-27-29-33-31(35)36/h1-29H2,(H2,33,35,36). The van der Waals surface area contributed by atoms with E-state index in [1.165, 1.54) is 167 Å². The van der Waals surface area contributed by atoms with Gasteiger partial charge in [-0.3, -0.25) is 0 Å². The lowest BCUT2D eigenvalue weighted by Crippen LogP contribution is -2.17. The monoisotopic (exact) mass is 540 g/mol.